The van der Waals surface area contributed by atoms with Crippen LogP contribution in [-0.4, -0.2) is 35.8 Å². The van der Waals surface area contributed by atoms with E-state index in [1.807, 2.05) is 32.0 Å². The summed E-state index contributed by atoms with van der Waals surface area (Å²) < 4.78 is 16.5. The second kappa shape index (κ2) is 8.21. The molecular formula is C19H25N3O4. The molecule has 1 atom stereocenters. The van der Waals surface area contributed by atoms with Crippen molar-refractivity contribution in [3.63, 3.8) is 0 Å². The molecule has 3 rings (SSSR count). The third-order valence-corrected chi connectivity index (χ3v) is 4.32. The van der Waals surface area contributed by atoms with Crippen LogP contribution >= 0.6 is 0 Å². The second-order valence-electron chi connectivity index (χ2n) is 6.73. The highest BCUT2D eigenvalue weighted by atomic mass is 16.5. The molecule has 1 aromatic heterocycles. The molecule has 7 heteroatoms. The summed E-state index contributed by atoms with van der Waals surface area (Å²) in [6, 6.07) is 5.53. The van der Waals surface area contributed by atoms with Crippen molar-refractivity contribution in [2.75, 3.05) is 13.7 Å². The highest BCUT2D eigenvalue weighted by Gasteiger charge is 2.24. The molecule has 0 saturated carbocycles. The summed E-state index contributed by atoms with van der Waals surface area (Å²) in [5, 5.41) is 6.98. The van der Waals surface area contributed by atoms with Crippen LogP contribution in [0.2, 0.25) is 0 Å². The summed E-state index contributed by atoms with van der Waals surface area (Å²) in [4.78, 5) is 16.5. The lowest BCUT2D eigenvalue weighted by molar-refractivity contribution is -0.124. The van der Waals surface area contributed by atoms with Crippen molar-refractivity contribution in [1.82, 2.24) is 15.5 Å². The van der Waals surface area contributed by atoms with Gasteiger partial charge in [-0.05, 0) is 44.9 Å². The predicted molar refractivity (Wildman–Crippen MR) is 96.1 cm³/mol. The summed E-state index contributed by atoms with van der Waals surface area (Å²) in [5.74, 6) is 2.20. The van der Waals surface area contributed by atoms with E-state index in [1.165, 1.54) is 0 Å². The Kier molecular flexibility index (Phi) is 5.75. The number of rotatable bonds is 6. The number of carbonyl (C=O) groups excluding carboxylic acids is 1. The summed E-state index contributed by atoms with van der Waals surface area (Å²) in [6.07, 6.45) is 3.40. The SMILES string of the molecule is COc1cc(-c2noc(CC3CCCCNC3=O)n2)ccc1OC(C)C. The number of ether oxygens (including phenoxy) is 2. The van der Waals surface area contributed by atoms with Gasteiger partial charge < -0.3 is 19.3 Å². The Morgan fingerprint density at radius 3 is 2.92 bits per heavy atom. The largest absolute Gasteiger partial charge is 0.493 e. The number of carbonyl (C=O) groups is 1. The van der Waals surface area contributed by atoms with Gasteiger partial charge in [0.15, 0.2) is 11.5 Å². The fraction of sp³-hybridized carbons (Fsp3) is 0.526. The third kappa shape index (κ3) is 4.33. The minimum Gasteiger partial charge on any atom is -0.493 e. The van der Waals surface area contributed by atoms with Gasteiger partial charge in [-0.15, -0.1) is 0 Å². The molecule has 1 N–H and O–H groups in total. The molecule has 7 nitrogen and oxygen atoms in total. The number of nitrogens with zero attached hydrogens (tertiary/aromatic N) is 2. The molecule has 0 radical (unpaired) electrons. The number of benzene rings is 1. The van der Waals surface area contributed by atoms with E-state index < -0.39 is 0 Å². The molecule has 26 heavy (non-hydrogen) atoms. The number of aromatic nitrogens is 2. The van der Waals surface area contributed by atoms with Crippen molar-refractivity contribution in [2.45, 2.75) is 45.6 Å². The van der Waals surface area contributed by atoms with Gasteiger partial charge in [0.1, 0.15) is 0 Å². The average molecular weight is 359 g/mol. The van der Waals surface area contributed by atoms with Crippen molar-refractivity contribution >= 4 is 5.91 Å². The highest BCUT2D eigenvalue weighted by molar-refractivity contribution is 5.79. The van der Waals surface area contributed by atoms with Gasteiger partial charge in [0.2, 0.25) is 17.6 Å². The lowest BCUT2D eigenvalue weighted by Gasteiger charge is -2.13. The monoisotopic (exact) mass is 359 g/mol. The summed E-state index contributed by atoms with van der Waals surface area (Å²) >= 11 is 0. The van der Waals surface area contributed by atoms with E-state index in [4.69, 9.17) is 14.0 Å². The molecule has 1 amide bonds. The molecule has 140 valence electrons. The molecule has 2 aromatic rings. The van der Waals surface area contributed by atoms with E-state index in [0.29, 0.717) is 29.6 Å². The van der Waals surface area contributed by atoms with Crippen molar-refractivity contribution < 1.29 is 18.8 Å². The molecule has 1 fully saturated rings. The van der Waals surface area contributed by atoms with Gasteiger partial charge in [0.25, 0.3) is 0 Å². The molecule has 1 aliphatic rings. The highest BCUT2D eigenvalue weighted by Crippen LogP contribution is 2.32. The minimum atomic E-state index is -0.109. The average Bonchev–Trinajstić information content (AvgIpc) is 2.99. The molecule has 2 heterocycles. The van der Waals surface area contributed by atoms with Crippen LogP contribution in [-0.2, 0) is 11.2 Å². The van der Waals surface area contributed by atoms with Crippen LogP contribution in [0.25, 0.3) is 11.4 Å². The first-order valence-electron chi connectivity index (χ1n) is 9.02. The van der Waals surface area contributed by atoms with E-state index in [-0.39, 0.29) is 17.9 Å². The van der Waals surface area contributed by atoms with Crippen molar-refractivity contribution in [3.05, 3.63) is 24.1 Å². The maximum absolute atomic E-state index is 12.1. The number of nitrogens with one attached hydrogen (secondary N) is 1. The lowest BCUT2D eigenvalue weighted by atomic mass is 9.99. The smallest absolute Gasteiger partial charge is 0.227 e. The van der Waals surface area contributed by atoms with Crippen molar-refractivity contribution in [2.24, 2.45) is 5.92 Å². The van der Waals surface area contributed by atoms with Gasteiger partial charge in [-0.1, -0.05) is 11.6 Å². The van der Waals surface area contributed by atoms with Crippen LogP contribution in [0.3, 0.4) is 0 Å². The quantitative estimate of drug-likeness (QED) is 0.853. The van der Waals surface area contributed by atoms with Crippen LogP contribution in [0.5, 0.6) is 11.5 Å². The summed E-state index contributed by atoms with van der Waals surface area (Å²) in [5.41, 5.74) is 0.776. The maximum Gasteiger partial charge on any atom is 0.227 e. The van der Waals surface area contributed by atoms with Gasteiger partial charge in [0.05, 0.1) is 13.2 Å². The number of hydrogen-bond donors (Lipinski definition) is 1. The number of amides is 1. The summed E-state index contributed by atoms with van der Waals surface area (Å²) in [7, 11) is 1.60. The predicted octanol–water partition coefficient (Wildman–Crippen LogP) is 2.99. The first-order valence-corrected chi connectivity index (χ1v) is 9.02. The van der Waals surface area contributed by atoms with Gasteiger partial charge in [0, 0.05) is 24.4 Å². The molecule has 1 aromatic carbocycles. The molecule has 0 spiro atoms. The molecular weight excluding hydrogens is 334 g/mol. The maximum atomic E-state index is 12.1. The number of methoxy groups -OCH3 is 1. The Hall–Kier alpha value is -2.57. The van der Waals surface area contributed by atoms with Crippen LogP contribution in [0, 0.1) is 5.92 Å². The Morgan fingerprint density at radius 1 is 1.31 bits per heavy atom. The van der Waals surface area contributed by atoms with Crippen molar-refractivity contribution in [3.8, 4) is 22.9 Å². The lowest BCUT2D eigenvalue weighted by Crippen LogP contribution is -2.30. The van der Waals surface area contributed by atoms with E-state index in [2.05, 4.69) is 15.5 Å². The second-order valence-corrected chi connectivity index (χ2v) is 6.73. The van der Waals surface area contributed by atoms with E-state index >= 15 is 0 Å². The molecule has 1 saturated heterocycles. The third-order valence-electron chi connectivity index (χ3n) is 4.32. The Labute approximate surface area is 153 Å². The van der Waals surface area contributed by atoms with Gasteiger partial charge in [-0.3, -0.25) is 4.79 Å². The van der Waals surface area contributed by atoms with E-state index in [9.17, 15) is 4.79 Å². The topological polar surface area (TPSA) is 86.5 Å². The zero-order valence-corrected chi connectivity index (χ0v) is 15.4. The van der Waals surface area contributed by atoms with Crippen LogP contribution in [0.4, 0.5) is 0 Å². The number of hydrogen-bond acceptors (Lipinski definition) is 6. The standard InChI is InChI=1S/C19H25N3O4/c1-12(2)25-15-8-7-13(10-16(15)24-3)18-21-17(26-22-18)11-14-6-4-5-9-20-19(14)23/h7-8,10,12,14H,4-6,9,11H2,1-3H3,(H,20,23). The molecule has 0 aliphatic carbocycles. The van der Waals surface area contributed by atoms with Gasteiger partial charge in [-0.2, -0.15) is 4.98 Å². The normalized spacial score (nSPS) is 17.7. The first-order chi connectivity index (χ1) is 12.6. The fourth-order valence-electron chi connectivity index (χ4n) is 3.02. The Morgan fingerprint density at radius 2 is 2.15 bits per heavy atom. The zero-order valence-electron chi connectivity index (χ0n) is 15.4. The van der Waals surface area contributed by atoms with E-state index in [0.717, 1.165) is 31.4 Å². The van der Waals surface area contributed by atoms with Crippen LogP contribution in [0.1, 0.15) is 39.0 Å². The Bertz CT molecular complexity index is 757. The van der Waals surface area contributed by atoms with Crippen molar-refractivity contribution in [1.29, 1.82) is 0 Å². The van der Waals surface area contributed by atoms with Gasteiger partial charge in [-0.25, -0.2) is 0 Å². The van der Waals surface area contributed by atoms with Crippen LogP contribution in [0.15, 0.2) is 22.7 Å². The Balaban J connectivity index is 1.75. The van der Waals surface area contributed by atoms with Crippen LogP contribution < -0.4 is 14.8 Å². The molecule has 1 unspecified atom stereocenters. The van der Waals surface area contributed by atoms with Gasteiger partial charge >= 0.3 is 0 Å². The molecule has 1 aliphatic heterocycles. The molecule has 0 bridgehead atoms. The summed E-state index contributed by atoms with van der Waals surface area (Å²) in [6.45, 7) is 4.67. The zero-order chi connectivity index (χ0) is 18.5. The fourth-order valence-corrected chi connectivity index (χ4v) is 3.02. The first kappa shape index (κ1) is 18.2. The van der Waals surface area contributed by atoms with E-state index in [1.54, 1.807) is 7.11 Å². The minimum absolute atomic E-state index is 0.0530.